The lowest BCUT2D eigenvalue weighted by Crippen LogP contribution is -2.29. The molecule has 1 heterocycles. The standard InChI is InChI=1S/C21H21N3O3/c1-2-20(25)22-14-9-10-19-18(12-14)16-7-4-8-17(16)21(23-19)13-5-3-6-15(11-13)24(26)27/h3-7,9-12,16-17,21,23H,2,8H2,1H3,(H,22,25). The van der Waals surface area contributed by atoms with Gasteiger partial charge in [-0.2, -0.15) is 0 Å². The monoisotopic (exact) mass is 363 g/mol. The number of benzene rings is 2. The molecule has 0 saturated heterocycles. The van der Waals surface area contributed by atoms with Crippen LogP contribution in [-0.4, -0.2) is 10.8 Å². The maximum atomic E-state index is 11.7. The summed E-state index contributed by atoms with van der Waals surface area (Å²) >= 11 is 0. The minimum Gasteiger partial charge on any atom is -0.378 e. The SMILES string of the molecule is CCC(=O)Nc1ccc2c(c1)C1C=CCC1C(c1cccc([N+](=O)[O-])c1)N2. The molecule has 0 saturated carbocycles. The third-order valence-corrected chi connectivity index (χ3v) is 5.41. The van der Waals surface area contributed by atoms with Crippen LogP contribution in [0.2, 0.25) is 0 Å². The first-order valence-electron chi connectivity index (χ1n) is 9.18. The van der Waals surface area contributed by atoms with Crippen LogP contribution in [0.1, 0.15) is 42.9 Å². The van der Waals surface area contributed by atoms with Gasteiger partial charge in [-0.1, -0.05) is 31.2 Å². The van der Waals surface area contributed by atoms with Gasteiger partial charge in [-0.3, -0.25) is 14.9 Å². The largest absolute Gasteiger partial charge is 0.378 e. The molecule has 3 atom stereocenters. The number of nitro benzene ring substituents is 1. The van der Waals surface area contributed by atoms with Crippen LogP contribution in [0.5, 0.6) is 0 Å². The summed E-state index contributed by atoms with van der Waals surface area (Å²) in [5.74, 6) is 0.507. The van der Waals surface area contributed by atoms with Gasteiger partial charge in [0, 0.05) is 35.8 Å². The first kappa shape index (κ1) is 17.3. The maximum Gasteiger partial charge on any atom is 0.269 e. The van der Waals surface area contributed by atoms with E-state index in [-0.39, 0.29) is 34.4 Å². The molecule has 4 rings (SSSR count). The highest BCUT2D eigenvalue weighted by Gasteiger charge is 2.38. The Morgan fingerprint density at radius 2 is 2.15 bits per heavy atom. The van der Waals surface area contributed by atoms with E-state index in [1.54, 1.807) is 12.1 Å². The van der Waals surface area contributed by atoms with Gasteiger partial charge in [-0.15, -0.1) is 0 Å². The van der Waals surface area contributed by atoms with E-state index in [4.69, 9.17) is 0 Å². The van der Waals surface area contributed by atoms with Crippen molar-refractivity contribution < 1.29 is 9.72 Å². The number of allylic oxidation sites excluding steroid dienone is 2. The molecule has 2 aromatic rings. The molecule has 1 aliphatic carbocycles. The third-order valence-electron chi connectivity index (χ3n) is 5.41. The van der Waals surface area contributed by atoms with Crippen LogP contribution >= 0.6 is 0 Å². The first-order chi connectivity index (χ1) is 13.1. The molecule has 2 aliphatic rings. The summed E-state index contributed by atoms with van der Waals surface area (Å²) in [5.41, 5.74) is 4.01. The number of carbonyl (C=O) groups is 1. The molecule has 0 radical (unpaired) electrons. The number of carbonyl (C=O) groups excluding carboxylic acids is 1. The van der Waals surface area contributed by atoms with Gasteiger partial charge in [-0.05, 0) is 41.7 Å². The van der Waals surface area contributed by atoms with Crippen LogP contribution in [0.3, 0.4) is 0 Å². The van der Waals surface area contributed by atoms with Gasteiger partial charge in [0.25, 0.3) is 5.69 Å². The van der Waals surface area contributed by atoms with E-state index in [1.807, 2.05) is 31.2 Å². The molecule has 138 valence electrons. The van der Waals surface area contributed by atoms with Crippen LogP contribution < -0.4 is 10.6 Å². The second kappa shape index (κ2) is 6.87. The quantitative estimate of drug-likeness (QED) is 0.465. The highest BCUT2D eigenvalue weighted by molar-refractivity contribution is 5.91. The van der Waals surface area contributed by atoms with Crippen LogP contribution in [0.4, 0.5) is 17.1 Å². The maximum absolute atomic E-state index is 11.7. The summed E-state index contributed by atoms with van der Waals surface area (Å²) < 4.78 is 0. The first-order valence-corrected chi connectivity index (χ1v) is 9.18. The van der Waals surface area contributed by atoms with Crippen molar-refractivity contribution >= 4 is 23.0 Å². The number of hydrogen-bond donors (Lipinski definition) is 2. The van der Waals surface area contributed by atoms with E-state index in [9.17, 15) is 14.9 Å². The normalized spacial score (nSPS) is 22.5. The lowest BCUT2D eigenvalue weighted by Gasteiger charge is -2.37. The van der Waals surface area contributed by atoms with E-state index < -0.39 is 0 Å². The summed E-state index contributed by atoms with van der Waals surface area (Å²) in [6.45, 7) is 1.83. The van der Waals surface area contributed by atoms with Crippen molar-refractivity contribution in [1.29, 1.82) is 0 Å². The van der Waals surface area contributed by atoms with Crippen molar-refractivity contribution in [3.05, 3.63) is 75.9 Å². The molecule has 1 amide bonds. The molecule has 6 nitrogen and oxygen atoms in total. The Balaban J connectivity index is 1.69. The number of nitro groups is 1. The van der Waals surface area contributed by atoms with E-state index in [0.29, 0.717) is 6.42 Å². The van der Waals surface area contributed by atoms with E-state index in [1.165, 1.54) is 6.07 Å². The summed E-state index contributed by atoms with van der Waals surface area (Å²) in [4.78, 5) is 22.5. The van der Waals surface area contributed by atoms with Crippen molar-refractivity contribution in [2.24, 2.45) is 5.92 Å². The molecular formula is C21H21N3O3. The molecular weight excluding hydrogens is 342 g/mol. The van der Waals surface area contributed by atoms with Crippen molar-refractivity contribution in [2.75, 3.05) is 10.6 Å². The summed E-state index contributed by atoms with van der Waals surface area (Å²) in [7, 11) is 0. The van der Waals surface area contributed by atoms with Gasteiger partial charge < -0.3 is 10.6 Å². The number of rotatable bonds is 4. The number of anilines is 2. The number of amides is 1. The Hall–Kier alpha value is -3.15. The molecule has 6 heteroatoms. The van der Waals surface area contributed by atoms with Crippen molar-refractivity contribution in [1.82, 2.24) is 0 Å². The zero-order valence-electron chi connectivity index (χ0n) is 15.0. The molecule has 0 spiro atoms. The van der Waals surface area contributed by atoms with Crippen LogP contribution in [0.25, 0.3) is 0 Å². The molecule has 27 heavy (non-hydrogen) atoms. The molecule has 0 fully saturated rings. The third kappa shape index (κ3) is 3.18. The lowest BCUT2D eigenvalue weighted by molar-refractivity contribution is -0.384. The molecule has 2 N–H and O–H groups in total. The van der Waals surface area contributed by atoms with Gasteiger partial charge >= 0.3 is 0 Å². The Morgan fingerprint density at radius 1 is 1.30 bits per heavy atom. The summed E-state index contributed by atoms with van der Waals surface area (Å²) in [5, 5.41) is 17.6. The Morgan fingerprint density at radius 3 is 2.93 bits per heavy atom. The van der Waals surface area contributed by atoms with E-state index in [0.717, 1.165) is 28.9 Å². The fraction of sp³-hybridized carbons (Fsp3) is 0.286. The smallest absolute Gasteiger partial charge is 0.269 e. The highest BCUT2D eigenvalue weighted by Crippen LogP contribution is 2.50. The number of nitrogens with one attached hydrogen (secondary N) is 2. The van der Waals surface area contributed by atoms with Gasteiger partial charge in [0.15, 0.2) is 0 Å². The molecule has 3 unspecified atom stereocenters. The average molecular weight is 363 g/mol. The number of fused-ring (bicyclic) bond motifs is 3. The minimum absolute atomic E-state index is 0.00768. The second-order valence-electron chi connectivity index (χ2n) is 7.03. The average Bonchev–Trinajstić information content (AvgIpc) is 3.17. The fourth-order valence-corrected chi connectivity index (χ4v) is 4.08. The molecule has 1 aliphatic heterocycles. The van der Waals surface area contributed by atoms with Gasteiger partial charge in [0.1, 0.15) is 0 Å². The number of nitrogens with zero attached hydrogens (tertiary/aromatic N) is 1. The zero-order valence-corrected chi connectivity index (χ0v) is 15.0. The lowest BCUT2D eigenvalue weighted by atomic mass is 9.77. The molecule has 0 bridgehead atoms. The van der Waals surface area contributed by atoms with Crippen LogP contribution in [0.15, 0.2) is 54.6 Å². The Bertz CT molecular complexity index is 938. The van der Waals surface area contributed by atoms with Crippen molar-refractivity contribution in [3.63, 3.8) is 0 Å². The van der Waals surface area contributed by atoms with E-state index >= 15 is 0 Å². The fourth-order valence-electron chi connectivity index (χ4n) is 4.08. The Labute approximate surface area is 157 Å². The number of hydrogen-bond acceptors (Lipinski definition) is 4. The van der Waals surface area contributed by atoms with Gasteiger partial charge in [0.05, 0.1) is 11.0 Å². The van der Waals surface area contributed by atoms with Gasteiger partial charge in [0.2, 0.25) is 5.91 Å². The zero-order chi connectivity index (χ0) is 19.0. The van der Waals surface area contributed by atoms with Crippen molar-refractivity contribution in [3.8, 4) is 0 Å². The summed E-state index contributed by atoms with van der Waals surface area (Å²) in [6.07, 6.45) is 5.74. The van der Waals surface area contributed by atoms with Crippen LogP contribution in [0, 0.1) is 16.0 Å². The van der Waals surface area contributed by atoms with Crippen LogP contribution in [-0.2, 0) is 4.79 Å². The molecule has 0 aromatic heterocycles. The minimum atomic E-state index is -0.354. The molecule has 2 aromatic carbocycles. The topological polar surface area (TPSA) is 84.3 Å². The summed E-state index contributed by atoms with van der Waals surface area (Å²) in [6, 6.07) is 12.8. The van der Waals surface area contributed by atoms with E-state index in [2.05, 4.69) is 22.8 Å². The Kier molecular flexibility index (Phi) is 4.39. The highest BCUT2D eigenvalue weighted by atomic mass is 16.6. The van der Waals surface area contributed by atoms with Gasteiger partial charge in [-0.25, -0.2) is 0 Å². The number of non-ortho nitro benzene ring substituents is 1. The predicted molar refractivity (Wildman–Crippen MR) is 105 cm³/mol. The predicted octanol–water partition coefficient (Wildman–Crippen LogP) is 4.77. The second-order valence-corrected chi connectivity index (χ2v) is 7.03. The van der Waals surface area contributed by atoms with Crippen molar-refractivity contribution in [2.45, 2.75) is 31.7 Å².